The second-order valence-electron chi connectivity index (χ2n) is 3.07. The van der Waals surface area contributed by atoms with Gasteiger partial charge in [-0.05, 0) is 13.8 Å². The van der Waals surface area contributed by atoms with E-state index in [-0.39, 0.29) is 11.8 Å². The highest BCUT2D eigenvalue weighted by atomic mass is 16.2. The highest BCUT2D eigenvalue weighted by Gasteiger charge is 2.01. The third-order valence-electron chi connectivity index (χ3n) is 1.47. The van der Waals surface area contributed by atoms with E-state index >= 15 is 0 Å². The Morgan fingerprint density at radius 2 is 1.21 bits per heavy atom. The second-order valence-corrected chi connectivity index (χ2v) is 3.07. The molecule has 4 nitrogen and oxygen atoms in total. The van der Waals surface area contributed by atoms with Crippen molar-refractivity contribution in [1.29, 1.82) is 0 Å². The molecule has 2 N–H and O–H groups in total. The van der Waals surface area contributed by atoms with E-state index in [9.17, 15) is 9.59 Å². The van der Waals surface area contributed by atoms with Crippen molar-refractivity contribution in [2.45, 2.75) is 13.8 Å². The second kappa shape index (κ2) is 5.96. The van der Waals surface area contributed by atoms with Crippen LogP contribution in [0.25, 0.3) is 0 Å². The van der Waals surface area contributed by atoms with Gasteiger partial charge in [0.25, 0.3) is 0 Å². The summed E-state index contributed by atoms with van der Waals surface area (Å²) in [5.41, 5.74) is 0.910. The van der Waals surface area contributed by atoms with Crippen LogP contribution in [0.5, 0.6) is 0 Å². The SMILES string of the molecule is C=C(C)C(=O)NCCNC(=O)C(=C)C. The van der Waals surface area contributed by atoms with Crippen LogP contribution in [0.4, 0.5) is 0 Å². The lowest BCUT2D eigenvalue weighted by Crippen LogP contribution is -2.35. The van der Waals surface area contributed by atoms with E-state index in [1.54, 1.807) is 13.8 Å². The maximum Gasteiger partial charge on any atom is 0.246 e. The Labute approximate surface area is 84.1 Å². The first kappa shape index (κ1) is 12.4. The number of carbonyl (C=O) groups excluding carboxylic acids is 2. The van der Waals surface area contributed by atoms with Gasteiger partial charge in [0.1, 0.15) is 0 Å². The molecule has 0 fully saturated rings. The molecular formula is C10H16N2O2. The van der Waals surface area contributed by atoms with Gasteiger partial charge < -0.3 is 10.6 Å². The van der Waals surface area contributed by atoms with Gasteiger partial charge in [-0.25, -0.2) is 0 Å². The van der Waals surface area contributed by atoms with Crippen molar-refractivity contribution in [1.82, 2.24) is 10.6 Å². The minimum Gasteiger partial charge on any atom is -0.351 e. The fraction of sp³-hybridized carbons (Fsp3) is 0.400. The van der Waals surface area contributed by atoms with E-state index in [1.165, 1.54) is 0 Å². The molecule has 0 aliphatic carbocycles. The van der Waals surface area contributed by atoms with Gasteiger partial charge in [0.15, 0.2) is 0 Å². The molecule has 2 amide bonds. The highest BCUT2D eigenvalue weighted by Crippen LogP contribution is 1.85. The lowest BCUT2D eigenvalue weighted by molar-refractivity contribution is -0.119. The molecule has 0 atom stereocenters. The summed E-state index contributed by atoms with van der Waals surface area (Å²) < 4.78 is 0. The number of carbonyl (C=O) groups is 2. The number of hydrogen-bond donors (Lipinski definition) is 2. The Bertz CT molecular complexity index is 241. The smallest absolute Gasteiger partial charge is 0.246 e. The van der Waals surface area contributed by atoms with Crippen molar-refractivity contribution in [2.75, 3.05) is 13.1 Å². The van der Waals surface area contributed by atoms with Crippen molar-refractivity contribution < 1.29 is 9.59 Å². The molecule has 0 heterocycles. The zero-order chi connectivity index (χ0) is 11.1. The Morgan fingerprint density at radius 1 is 0.929 bits per heavy atom. The molecule has 0 rings (SSSR count). The first-order chi connectivity index (χ1) is 6.45. The summed E-state index contributed by atoms with van der Waals surface area (Å²) in [7, 11) is 0. The molecule has 0 bridgehead atoms. The predicted molar refractivity (Wildman–Crippen MR) is 55.6 cm³/mol. The van der Waals surface area contributed by atoms with Gasteiger partial charge in [-0.1, -0.05) is 13.2 Å². The van der Waals surface area contributed by atoms with E-state index in [1.807, 2.05) is 0 Å². The van der Waals surface area contributed by atoms with Gasteiger partial charge >= 0.3 is 0 Å². The third kappa shape index (κ3) is 5.13. The van der Waals surface area contributed by atoms with Crippen molar-refractivity contribution in [3.63, 3.8) is 0 Å². The minimum absolute atomic E-state index is 0.199. The maximum atomic E-state index is 11.0. The molecule has 0 aromatic heterocycles. The van der Waals surface area contributed by atoms with Crippen LogP contribution in [0.2, 0.25) is 0 Å². The van der Waals surface area contributed by atoms with Gasteiger partial charge in [-0.3, -0.25) is 9.59 Å². The summed E-state index contributed by atoms with van der Waals surface area (Å²) in [4.78, 5) is 22.0. The molecule has 0 aliphatic rings. The summed E-state index contributed by atoms with van der Waals surface area (Å²) in [5.74, 6) is -0.399. The monoisotopic (exact) mass is 196 g/mol. The molecule has 0 unspecified atom stereocenters. The summed E-state index contributed by atoms with van der Waals surface area (Å²) in [6.45, 7) is 11.0. The first-order valence-electron chi connectivity index (χ1n) is 4.32. The average molecular weight is 196 g/mol. The van der Waals surface area contributed by atoms with E-state index < -0.39 is 0 Å². The number of amides is 2. The molecule has 0 aromatic rings. The molecule has 0 spiro atoms. The number of rotatable bonds is 5. The molecule has 0 aliphatic heterocycles. The highest BCUT2D eigenvalue weighted by molar-refractivity contribution is 5.93. The van der Waals surface area contributed by atoms with Crippen molar-refractivity contribution in [3.05, 3.63) is 24.3 Å². The summed E-state index contributed by atoms with van der Waals surface area (Å²) >= 11 is 0. The largest absolute Gasteiger partial charge is 0.351 e. The van der Waals surface area contributed by atoms with Crippen LogP contribution < -0.4 is 10.6 Å². The van der Waals surface area contributed by atoms with Gasteiger partial charge in [-0.2, -0.15) is 0 Å². The van der Waals surface area contributed by atoms with Gasteiger partial charge in [0.2, 0.25) is 11.8 Å². The average Bonchev–Trinajstić information content (AvgIpc) is 2.11. The molecule has 14 heavy (non-hydrogen) atoms. The van der Waals surface area contributed by atoms with E-state index in [0.29, 0.717) is 24.2 Å². The lowest BCUT2D eigenvalue weighted by atomic mass is 10.3. The Balaban J connectivity index is 3.57. The normalized spacial score (nSPS) is 9.00. The van der Waals surface area contributed by atoms with Gasteiger partial charge in [0, 0.05) is 24.2 Å². The van der Waals surface area contributed by atoms with Crippen LogP contribution in [0, 0.1) is 0 Å². The molecule has 0 radical (unpaired) electrons. The van der Waals surface area contributed by atoms with E-state index in [2.05, 4.69) is 23.8 Å². The predicted octanol–water partition coefficient (Wildman–Crippen LogP) is 0.371. The van der Waals surface area contributed by atoms with Crippen molar-refractivity contribution >= 4 is 11.8 Å². The maximum absolute atomic E-state index is 11.0. The summed E-state index contributed by atoms with van der Waals surface area (Å²) in [6, 6.07) is 0. The fourth-order valence-electron chi connectivity index (χ4n) is 0.654. The molecule has 78 valence electrons. The van der Waals surface area contributed by atoms with Crippen molar-refractivity contribution in [2.24, 2.45) is 0 Å². The van der Waals surface area contributed by atoms with Crippen LogP contribution in [0.3, 0.4) is 0 Å². The quantitative estimate of drug-likeness (QED) is 0.493. The first-order valence-corrected chi connectivity index (χ1v) is 4.32. The van der Waals surface area contributed by atoms with E-state index in [0.717, 1.165) is 0 Å². The third-order valence-corrected chi connectivity index (χ3v) is 1.47. The Morgan fingerprint density at radius 3 is 1.43 bits per heavy atom. The topological polar surface area (TPSA) is 58.2 Å². The van der Waals surface area contributed by atoms with Gasteiger partial charge in [0.05, 0.1) is 0 Å². The Kier molecular flexibility index (Phi) is 5.29. The fourth-order valence-corrected chi connectivity index (χ4v) is 0.654. The van der Waals surface area contributed by atoms with Crippen LogP contribution >= 0.6 is 0 Å². The number of hydrogen-bond acceptors (Lipinski definition) is 2. The lowest BCUT2D eigenvalue weighted by Gasteiger charge is -2.06. The standard InChI is InChI=1S/C10H16N2O2/c1-7(2)9(13)11-5-6-12-10(14)8(3)4/h1,3,5-6H2,2,4H3,(H,11,13)(H,12,14). The van der Waals surface area contributed by atoms with Crippen LogP contribution in [-0.2, 0) is 9.59 Å². The molecule has 0 saturated heterocycles. The van der Waals surface area contributed by atoms with Crippen LogP contribution in [0.1, 0.15) is 13.8 Å². The molecule has 0 aromatic carbocycles. The van der Waals surface area contributed by atoms with Crippen LogP contribution in [0.15, 0.2) is 24.3 Å². The Hall–Kier alpha value is -1.58. The number of nitrogens with one attached hydrogen (secondary N) is 2. The van der Waals surface area contributed by atoms with Gasteiger partial charge in [-0.15, -0.1) is 0 Å². The summed E-state index contributed by atoms with van der Waals surface area (Å²) in [5, 5.41) is 5.19. The van der Waals surface area contributed by atoms with E-state index in [4.69, 9.17) is 0 Å². The molecular weight excluding hydrogens is 180 g/mol. The molecule has 4 heteroatoms. The summed E-state index contributed by atoms with van der Waals surface area (Å²) in [6.07, 6.45) is 0. The zero-order valence-electron chi connectivity index (χ0n) is 8.64. The minimum atomic E-state index is -0.199. The van der Waals surface area contributed by atoms with Crippen LogP contribution in [-0.4, -0.2) is 24.9 Å². The zero-order valence-corrected chi connectivity index (χ0v) is 8.64. The molecule has 0 saturated carbocycles. The van der Waals surface area contributed by atoms with Crippen molar-refractivity contribution in [3.8, 4) is 0 Å².